The number of carbonyl (C=O) groups is 2. The van der Waals surface area contributed by atoms with Crippen LogP contribution in [0.2, 0.25) is 0 Å². The van der Waals surface area contributed by atoms with Gasteiger partial charge in [-0.1, -0.05) is 41.0 Å². The lowest BCUT2D eigenvalue weighted by Crippen LogP contribution is -2.25. The fourth-order valence-corrected chi connectivity index (χ4v) is 1.59. The van der Waals surface area contributed by atoms with E-state index in [4.69, 9.17) is 10.2 Å². The van der Waals surface area contributed by atoms with E-state index >= 15 is 0 Å². The number of hydrogen-bond donors (Lipinski definition) is 2. The fourth-order valence-electron chi connectivity index (χ4n) is 1.59. The summed E-state index contributed by atoms with van der Waals surface area (Å²) in [5.41, 5.74) is -0.457. The van der Waals surface area contributed by atoms with Crippen LogP contribution in [0.25, 0.3) is 0 Å². The van der Waals surface area contributed by atoms with Gasteiger partial charge in [0.15, 0.2) is 11.6 Å². The molecule has 18 heavy (non-hydrogen) atoms. The number of Topliss-reactive ketones (excluding diaryl/α,β-unsaturated/α-hetero) is 2. The van der Waals surface area contributed by atoms with Gasteiger partial charge < -0.3 is 10.2 Å². The molecule has 0 aliphatic carbocycles. The minimum absolute atomic E-state index is 0.376. The molecule has 4 nitrogen and oxygen atoms in total. The van der Waals surface area contributed by atoms with Gasteiger partial charge in [0.05, 0.1) is 0 Å². The minimum Gasteiger partial charge on any atom is -0.480 e. The number of hydrogen-bond acceptors (Lipinski definition) is 4. The number of allylic oxidation sites excluding steroid dienone is 1. The van der Waals surface area contributed by atoms with E-state index in [0.717, 1.165) is 6.42 Å². The predicted octanol–water partition coefficient (Wildman–Crippen LogP) is 3.18. The Kier molecular flexibility index (Phi) is 6.66. The molecule has 0 saturated carbocycles. The van der Waals surface area contributed by atoms with Gasteiger partial charge >= 0.3 is 0 Å². The van der Waals surface area contributed by atoms with Gasteiger partial charge in [-0.25, -0.2) is 0 Å². The molecule has 104 valence electrons. The van der Waals surface area contributed by atoms with Crippen LogP contribution in [0.1, 0.15) is 47.5 Å². The normalized spacial score (nSPS) is 12.6. The summed E-state index contributed by atoms with van der Waals surface area (Å²) in [4.78, 5) is 23.8. The lowest BCUT2D eigenvalue weighted by molar-refractivity contribution is -0.125. The Morgan fingerprint density at radius 3 is 1.72 bits per heavy atom. The Bertz CT molecular complexity index is 336. The monoisotopic (exact) mass is 256 g/mol. The van der Waals surface area contributed by atoms with Gasteiger partial charge in [0, 0.05) is 11.8 Å². The summed E-state index contributed by atoms with van der Waals surface area (Å²) in [5.74, 6) is -2.49. The van der Waals surface area contributed by atoms with Crippen molar-refractivity contribution in [3.8, 4) is 0 Å². The van der Waals surface area contributed by atoms with Gasteiger partial charge in [0.2, 0.25) is 0 Å². The fraction of sp³-hybridized carbons (Fsp3) is 0.714. The third-order valence-electron chi connectivity index (χ3n) is 2.87. The third-order valence-corrected chi connectivity index (χ3v) is 2.87. The smallest absolute Gasteiger partial charge is 0.289 e. The second-order valence-corrected chi connectivity index (χ2v) is 5.45. The number of aliphatic hydroxyl groups excluding tert-OH is 1. The largest absolute Gasteiger partial charge is 0.480 e. The topological polar surface area (TPSA) is 74.6 Å². The first kappa shape index (κ1) is 16.7. The van der Waals surface area contributed by atoms with E-state index in [-0.39, 0.29) is 5.92 Å². The summed E-state index contributed by atoms with van der Waals surface area (Å²) in [6, 6.07) is 0. The van der Waals surface area contributed by atoms with Crippen LogP contribution in [0.15, 0.2) is 11.5 Å². The molecule has 0 bridgehead atoms. The average Bonchev–Trinajstić information content (AvgIpc) is 2.24. The van der Waals surface area contributed by atoms with Crippen LogP contribution in [0, 0.1) is 17.8 Å². The van der Waals surface area contributed by atoms with Gasteiger partial charge in [-0.05, 0) is 12.3 Å². The average molecular weight is 256 g/mol. The van der Waals surface area contributed by atoms with Crippen LogP contribution in [0.4, 0.5) is 0 Å². The van der Waals surface area contributed by atoms with Crippen LogP contribution in [0.5, 0.6) is 0 Å². The standard InChI is InChI=1S/C14H24O4/c1-8(2)6-7-10(5)13(16)11(14(17)18)12(15)9(3)4/h8-10,17-18H,6-7H2,1-5H3. The molecule has 4 heteroatoms. The van der Waals surface area contributed by atoms with Crippen LogP contribution in [-0.4, -0.2) is 21.8 Å². The number of carbonyl (C=O) groups excluding carboxylic acids is 2. The molecular weight excluding hydrogens is 232 g/mol. The zero-order valence-electron chi connectivity index (χ0n) is 11.9. The molecule has 2 N–H and O–H groups in total. The Morgan fingerprint density at radius 2 is 1.39 bits per heavy atom. The summed E-state index contributed by atoms with van der Waals surface area (Å²) in [7, 11) is 0. The highest BCUT2D eigenvalue weighted by atomic mass is 16.5. The lowest BCUT2D eigenvalue weighted by Gasteiger charge is -2.14. The Hall–Kier alpha value is -1.32. The predicted molar refractivity (Wildman–Crippen MR) is 70.4 cm³/mol. The van der Waals surface area contributed by atoms with E-state index in [9.17, 15) is 9.59 Å². The first-order chi connectivity index (χ1) is 8.18. The van der Waals surface area contributed by atoms with Crippen LogP contribution in [-0.2, 0) is 9.59 Å². The van der Waals surface area contributed by atoms with Gasteiger partial charge in [-0.15, -0.1) is 0 Å². The van der Waals surface area contributed by atoms with Crippen molar-refractivity contribution in [3.05, 3.63) is 11.5 Å². The van der Waals surface area contributed by atoms with Crippen molar-refractivity contribution >= 4 is 11.6 Å². The SMILES string of the molecule is CC(C)CCC(C)C(=O)C(C(=O)C(C)C)=C(O)O. The van der Waals surface area contributed by atoms with Crippen LogP contribution < -0.4 is 0 Å². The number of aliphatic hydroxyl groups is 2. The molecule has 0 aromatic carbocycles. The third kappa shape index (κ3) is 4.90. The quantitative estimate of drug-likeness (QED) is 0.317. The molecular formula is C14H24O4. The number of ketones is 2. The van der Waals surface area contributed by atoms with E-state index < -0.39 is 29.0 Å². The summed E-state index contributed by atoms with van der Waals surface area (Å²) in [6.45, 7) is 9.06. The molecule has 0 aliphatic rings. The van der Waals surface area contributed by atoms with Crippen molar-refractivity contribution in [3.63, 3.8) is 0 Å². The van der Waals surface area contributed by atoms with Gasteiger partial charge in [-0.2, -0.15) is 0 Å². The molecule has 0 fully saturated rings. The Balaban J connectivity index is 4.91. The maximum Gasteiger partial charge on any atom is 0.289 e. The molecule has 0 rings (SSSR count). The van der Waals surface area contributed by atoms with E-state index in [1.165, 1.54) is 0 Å². The molecule has 0 aromatic rings. The number of rotatable bonds is 7. The molecule has 0 spiro atoms. The van der Waals surface area contributed by atoms with E-state index in [2.05, 4.69) is 13.8 Å². The maximum atomic E-state index is 12.0. The minimum atomic E-state index is -1.16. The Labute approximate surface area is 109 Å². The van der Waals surface area contributed by atoms with Gasteiger partial charge in [0.1, 0.15) is 5.57 Å². The van der Waals surface area contributed by atoms with Gasteiger partial charge in [-0.3, -0.25) is 9.59 Å². The summed E-state index contributed by atoms with van der Waals surface area (Å²) in [6.07, 6.45) is 1.50. The molecule has 0 amide bonds. The van der Waals surface area contributed by atoms with Crippen molar-refractivity contribution in [1.29, 1.82) is 0 Å². The molecule has 0 radical (unpaired) electrons. The second-order valence-electron chi connectivity index (χ2n) is 5.45. The Morgan fingerprint density at radius 1 is 0.889 bits per heavy atom. The molecule has 1 unspecified atom stereocenters. The summed E-state index contributed by atoms with van der Waals surface area (Å²) < 4.78 is 0. The van der Waals surface area contributed by atoms with E-state index in [1.54, 1.807) is 20.8 Å². The van der Waals surface area contributed by atoms with Crippen molar-refractivity contribution in [2.24, 2.45) is 17.8 Å². The maximum absolute atomic E-state index is 12.0. The molecule has 1 atom stereocenters. The second kappa shape index (κ2) is 7.19. The van der Waals surface area contributed by atoms with Crippen LogP contribution in [0.3, 0.4) is 0 Å². The highest BCUT2D eigenvalue weighted by molar-refractivity contribution is 6.21. The molecule has 0 saturated heterocycles. The highest BCUT2D eigenvalue weighted by Crippen LogP contribution is 2.19. The summed E-state index contributed by atoms with van der Waals surface area (Å²) >= 11 is 0. The van der Waals surface area contributed by atoms with E-state index in [0.29, 0.717) is 12.3 Å². The lowest BCUT2D eigenvalue weighted by atomic mass is 9.88. The van der Waals surface area contributed by atoms with Crippen molar-refractivity contribution in [1.82, 2.24) is 0 Å². The first-order valence-electron chi connectivity index (χ1n) is 6.39. The summed E-state index contributed by atoms with van der Waals surface area (Å²) in [5, 5.41) is 18.2. The zero-order valence-corrected chi connectivity index (χ0v) is 11.9. The highest BCUT2D eigenvalue weighted by Gasteiger charge is 2.29. The molecule has 0 heterocycles. The van der Waals surface area contributed by atoms with Crippen molar-refractivity contribution < 1.29 is 19.8 Å². The van der Waals surface area contributed by atoms with Crippen molar-refractivity contribution in [2.45, 2.75) is 47.5 Å². The van der Waals surface area contributed by atoms with Crippen LogP contribution >= 0.6 is 0 Å². The zero-order chi connectivity index (χ0) is 14.5. The van der Waals surface area contributed by atoms with Gasteiger partial charge in [0.25, 0.3) is 5.95 Å². The first-order valence-corrected chi connectivity index (χ1v) is 6.39. The van der Waals surface area contributed by atoms with Crippen molar-refractivity contribution in [2.75, 3.05) is 0 Å². The molecule has 0 aliphatic heterocycles. The molecule has 0 aromatic heterocycles. The van der Waals surface area contributed by atoms with E-state index in [1.807, 2.05) is 0 Å².